The lowest BCUT2D eigenvalue weighted by molar-refractivity contribution is -0.133. The molecule has 3 heterocycles. The fourth-order valence-corrected chi connectivity index (χ4v) is 4.58. The molecule has 3 aromatic rings. The highest BCUT2D eigenvalue weighted by atomic mass is 19.1. The number of halogens is 1. The summed E-state index contributed by atoms with van der Waals surface area (Å²) in [6.07, 6.45) is 0.980. The number of urea groups is 1. The van der Waals surface area contributed by atoms with Crippen LogP contribution in [-0.4, -0.2) is 62.5 Å². The number of imide groups is 1. The summed E-state index contributed by atoms with van der Waals surface area (Å²) in [5.74, 6) is -1.46. The monoisotopic (exact) mass is 477 g/mol. The average molecular weight is 477 g/mol. The number of benzene rings is 2. The van der Waals surface area contributed by atoms with Gasteiger partial charge >= 0.3 is 6.03 Å². The van der Waals surface area contributed by atoms with Crippen LogP contribution >= 0.6 is 0 Å². The third-order valence-electron chi connectivity index (χ3n) is 6.59. The van der Waals surface area contributed by atoms with Crippen LogP contribution in [0.5, 0.6) is 0 Å². The maximum atomic E-state index is 14.6. The van der Waals surface area contributed by atoms with Gasteiger partial charge in [-0.3, -0.25) is 19.3 Å². The molecule has 2 aromatic carbocycles. The lowest BCUT2D eigenvalue weighted by Gasteiger charge is -2.42. The average Bonchev–Trinajstić information content (AvgIpc) is 3.00. The van der Waals surface area contributed by atoms with Gasteiger partial charge in [0.25, 0.3) is 17.4 Å². The molecule has 2 fully saturated rings. The van der Waals surface area contributed by atoms with Crippen LogP contribution in [0.2, 0.25) is 0 Å². The first-order valence-corrected chi connectivity index (χ1v) is 11.4. The molecule has 35 heavy (non-hydrogen) atoms. The zero-order valence-electron chi connectivity index (χ0n) is 19.3. The smallest absolute Gasteiger partial charge is 0.325 e. The minimum Gasteiger partial charge on any atom is -0.334 e. The quantitative estimate of drug-likeness (QED) is 0.546. The molecule has 2 aliphatic heterocycles. The predicted octanol–water partition coefficient (Wildman–Crippen LogP) is 2.00. The molecule has 0 bridgehead atoms. The molecule has 0 saturated carbocycles. The SMILES string of the molecule is CC1(C)NC(=O)N(C2CN(C(=O)c3cc(CCc4n[nH]c(=O)c5ccccc45)ccc3F)C2)C1=O. The molecule has 0 spiro atoms. The Hall–Kier alpha value is -4.08. The van der Waals surface area contributed by atoms with Crippen LogP contribution in [0.1, 0.15) is 35.5 Å². The number of likely N-dealkylation sites (tertiary alicyclic amines) is 1. The Labute approximate surface area is 199 Å². The molecule has 2 aliphatic rings. The minimum absolute atomic E-state index is 0.0576. The molecular weight excluding hydrogens is 453 g/mol. The first kappa shape index (κ1) is 22.7. The second-order valence-corrected chi connectivity index (χ2v) is 9.45. The molecule has 1 aromatic heterocycles. The Morgan fingerprint density at radius 1 is 1.09 bits per heavy atom. The number of rotatable bonds is 5. The van der Waals surface area contributed by atoms with Gasteiger partial charge in [-0.1, -0.05) is 24.3 Å². The molecule has 0 aliphatic carbocycles. The number of hydrogen-bond acceptors (Lipinski definition) is 5. The molecule has 10 heteroatoms. The maximum absolute atomic E-state index is 14.6. The van der Waals surface area contributed by atoms with E-state index in [2.05, 4.69) is 15.5 Å². The van der Waals surface area contributed by atoms with Crippen LogP contribution in [-0.2, 0) is 17.6 Å². The first-order chi connectivity index (χ1) is 16.7. The van der Waals surface area contributed by atoms with Crippen LogP contribution < -0.4 is 10.9 Å². The summed E-state index contributed by atoms with van der Waals surface area (Å²) in [7, 11) is 0. The zero-order valence-corrected chi connectivity index (χ0v) is 19.3. The summed E-state index contributed by atoms with van der Waals surface area (Å²) in [6.45, 7) is 3.57. The van der Waals surface area contributed by atoms with Crippen molar-refractivity contribution < 1.29 is 18.8 Å². The topological polar surface area (TPSA) is 115 Å². The van der Waals surface area contributed by atoms with E-state index in [0.29, 0.717) is 23.9 Å². The van der Waals surface area contributed by atoms with Gasteiger partial charge in [0.2, 0.25) is 0 Å². The van der Waals surface area contributed by atoms with Gasteiger partial charge in [-0.2, -0.15) is 5.10 Å². The van der Waals surface area contributed by atoms with Gasteiger partial charge in [0.1, 0.15) is 11.4 Å². The number of aromatic amines is 1. The van der Waals surface area contributed by atoms with E-state index < -0.39 is 29.3 Å². The highest BCUT2D eigenvalue weighted by Gasteiger charge is 2.50. The number of aryl methyl sites for hydroxylation is 2. The van der Waals surface area contributed by atoms with Crippen LogP contribution in [0, 0.1) is 5.82 Å². The van der Waals surface area contributed by atoms with E-state index in [-0.39, 0.29) is 30.1 Å². The molecule has 5 rings (SSSR count). The van der Waals surface area contributed by atoms with E-state index in [1.165, 1.54) is 17.0 Å². The van der Waals surface area contributed by atoms with Crippen LogP contribution in [0.4, 0.5) is 9.18 Å². The summed E-state index contributed by atoms with van der Waals surface area (Å²) in [5, 5.41) is 10.6. The van der Waals surface area contributed by atoms with Crippen molar-refractivity contribution in [1.29, 1.82) is 0 Å². The summed E-state index contributed by atoms with van der Waals surface area (Å²) >= 11 is 0. The lowest BCUT2D eigenvalue weighted by atomic mass is 9.99. The van der Waals surface area contributed by atoms with Gasteiger partial charge in [0, 0.05) is 18.5 Å². The van der Waals surface area contributed by atoms with Gasteiger partial charge in [-0.25, -0.2) is 14.3 Å². The number of hydrogen-bond donors (Lipinski definition) is 2. The minimum atomic E-state index is -0.978. The van der Waals surface area contributed by atoms with E-state index in [4.69, 9.17) is 0 Å². The standard InChI is InChI=1S/C25H24FN5O4/c1-25(2)23(34)31(24(35)27-25)15-12-30(13-15)22(33)18-11-14(7-9-19(18)26)8-10-20-16-5-3-4-6-17(16)21(32)29-28-20/h3-7,9,11,15H,8,10,12-13H2,1-2H3,(H,27,35)(H,29,32). The Kier molecular flexibility index (Phi) is 5.38. The molecule has 2 saturated heterocycles. The molecule has 180 valence electrons. The van der Waals surface area contributed by atoms with Crippen LogP contribution in [0.25, 0.3) is 10.8 Å². The largest absolute Gasteiger partial charge is 0.334 e. The van der Waals surface area contributed by atoms with E-state index in [1.54, 1.807) is 32.0 Å². The van der Waals surface area contributed by atoms with Crippen molar-refractivity contribution >= 4 is 28.6 Å². The van der Waals surface area contributed by atoms with Gasteiger partial charge in [0.15, 0.2) is 0 Å². The zero-order chi connectivity index (χ0) is 24.9. The van der Waals surface area contributed by atoms with Crippen LogP contribution in [0.15, 0.2) is 47.3 Å². The highest BCUT2D eigenvalue weighted by molar-refractivity contribution is 6.07. The molecule has 4 amide bonds. The number of carbonyl (C=O) groups is 3. The van der Waals surface area contributed by atoms with Crippen molar-refractivity contribution in [3.63, 3.8) is 0 Å². The normalized spacial score (nSPS) is 17.6. The molecule has 2 N–H and O–H groups in total. The first-order valence-electron chi connectivity index (χ1n) is 11.4. The van der Waals surface area contributed by atoms with E-state index in [0.717, 1.165) is 15.8 Å². The van der Waals surface area contributed by atoms with Crippen molar-refractivity contribution in [2.75, 3.05) is 13.1 Å². The number of nitrogens with one attached hydrogen (secondary N) is 2. The third kappa shape index (κ3) is 3.94. The van der Waals surface area contributed by atoms with Crippen molar-refractivity contribution in [1.82, 2.24) is 25.3 Å². The van der Waals surface area contributed by atoms with Gasteiger partial charge < -0.3 is 10.2 Å². The molecule has 0 unspecified atom stereocenters. The highest BCUT2D eigenvalue weighted by Crippen LogP contribution is 2.26. The number of carbonyl (C=O) groups excluding carboxylic acids is 3. The molecule has 0 atom stereocenters. The molecule has 9 nitrogen and oxygen atoms in total. The Morgan fingerprint density at radius 3 is 2.49 bits per heavy atom. The van der Waals surface area contributed by atoms with Crippen molar-refractivity contribution in [2.45, 2.75) is 38.3 Å². The number of aromatic nitrogens is 2. The predicted molar refractivity (Wildman–Crippen MR) is 125 cm³/mol. The maximum Gasteiger partial charge on any atom is 0.325 e. The summed E-state index contributed by atoms with van der Waals surface area (Å²) in [5.41, 5.74) is 0.161. The van der Waals surface area contributed by atoms with Crippen LogP contribution in [0.3, 0.4) is 0 Å². The van der Waals surface area contributed by atoms with Crippen molar-refractivity contribution in [3.05, 3.63) is 75.5 Å². The number of fused-ring (bicyclic) bond motifs is 1. The number of nitrogens with zero attached hydrogens (tertiary/aromatic N) is 3. The Morgan fingerprint density at radius 2 is 1.80 bits per heavy atom. The van der Waals surface area contributed by atoms with Gasteiger partial charge in [-0.05, 0) is 50.5 Å². The Bertz CT molecular complexity index is 1430. The number of amides is 4. The van der Waals surface area contributed by atoms with Crippen molar-refractivity contribution in [2.24, 2.45) is 0 Å². The lowest BCUT2D eigenvalue weighted by Crippen LogP contribution is -2.62. The van der Waals surface area contributed by atoms with E-state index >= 15 is 0 Å². The fourth-order valence-electron chi connectivity index (χ4n) is 4.58. The second-order valence-electron chi connectivity index (χ2n) is 9.45. The van der Waals surface area contributed by atoms with Gasteiger partial charge in [-0.15, -0.1) is 0 Å². The Balaban J connectivity index is 1.28. The molecular formula is C25H24FN5O4. The fraction of sp³-hybridized carbons (Fsp3) is 0.320. The molecule has 0 radical (unpaired) electrons. The summed E-state index contributed by atoms with van der Waals surface area (Å²) < 4.78 is 14.6. The summed E-state index contributed by atoms with van der Waals surface area (Å²) in [4.78, 5) is 52.2. The van der Waals surface area contributed by atoms with Crippen molar-refractivity contribution in [3.8, 4) is 0 Å². The summed E-state index contributed by atoms with van der Waals surface area (Å²) in [6, 6.07) is 10.7. The van der Waals surface area contributed by atoms with Gasteiger partial charge in [0.05, 0.1) is 22.7 Å². The number of H-pyrrole nitrogens is 1. The van der Waals surface area contributed by atoms with E-state index in [9.17, 15) is 23.6 Å². The van der Waals surface area contributed by atoms with E-state index in [1.807, 2.05) is 12.1 Å². The second kappa shape index (κ2) is 8.30. The third-order valence-corrected chi connectivity index (χ3v) is 6.59.